The number of halogens is 2. The second-order valence-electron chi connectivity index (χ2n) is 4.69. The molecular formula is C12H17Br2NO2S. The van der Waals surface area contributed by atoms with E-state index in [1.54, 1.807) is 18.3 Å². The van der Waals surface area contributed by atoms with Crippen molar-refractivity contribution in [3.63, 3.8) is 0 Å². The van der Waals surface area contributed by atoms with Crippen LogP contribution in [0, 0.1) is 5.41 Å². The summed E-state index contributed by atoms with van der Waals surface area (Å²) in [7, 11) is 0. The van der Waals surface area contributed by atoms with Crippen molar-refractivity contribution in [3.8, 4) is 0 Å². The summed E-state index contributed by atoms with van der Waals surface area (Å²) in [4.78, 5) is 12.9. The molecule has 0 fully saturated rings. The minimum Gasteiger partial charge on any atom is -0.466 e. The lowest BCUT2D eigenvalue weighted by molar-refractivity contribution is -0.154. The molecule has 0 radical (unpaired) electrons. The molecule has 6 heteroatoms. The zero-order valence-corrected chi connectivity index (χ0v) is 14.6. The molecule has 1 unspecified atom stereocenters. The SMILES string of the molecule is CCOC(=O)C(C)(C)CC(N)c1cc(Br)c(Br)s1. The van der Waals surface area contributed by atoms with Crippen LogP contribution in [0.25, 0.3) is 0 Å². The van der Waals surface area contributed by atoms with Gasteiger partial charge in [0, 0.05) is 15.4 Å². The van der Waals surface area contributed by atoms with Gasteiger partial charge >= 0.3 is 5.97 Å². The molecule has 0 saturated carbocycles. The van der Waals surface area contributed by atoms with E-state index in [1.807, 2.05) is 19.9 Å². The molecule has 102 valence electrons. The van der Waals surface area contributed by atoms with Gasteiger partial charge in [0.1, 0.15) is 0 Å². The fraction of sp³-hybridized carbons (Fsp3) is 0.583. The third kappa shape index (κ3) is 4.05. The van der Waals surface area contributed by atoms with Crippen molar-refractivity contribution < 1.29 is 9.53 Å². The van der Waals surface area contributed by atoms with Gasteiger partial charge < -0.3 is 10.5 Å². The molecular weight excluding hydrogens is 382 g/mol. The summed E-state index contributed by atoms with van der Waals surface area (Å²) in [5, 5.41) is 0. The molecule has 0 aliphatic rings. The second-order valence-corrected chi connectivity index (χ2v) is 7.94. The van der Waals surface area contributed by atoms with Crippen molar-refractivity contribution >= 4 is 49.2 Å². The Hall–Kier alpha value is 0.0900. The van der Waals surface area contributed by atoms with Gasteiger partial charge in [-0.05, 0) is 65.1 Å². The standard InChI is InChI=1S/C12H17Br2NO2S/c1-4-17-11(16)12(2,3)6-8(15)9-5-7(13)10(14)18-9/h5,8H,4,6,15H2,1-3H3. The number of hydrogen-bond acceptors (Lipinski definition) is 4. The zero-order chi connectivity index (χ0) is 13.9. The van der Waals surface area contributed by atoms with Gasteiger partial charge in [-0.3, -0.25) is 4.79 Å². The van der Waals surface area contributed by atoms with Gasteiger partial charge in [0.25, 0.3) is 0 Å². The number of carbonyl (C=O) groups excluding carboxylic acids is 1. The molecule has 0 aliphatic heterocycles. The van der Waals surface area contributed by atoms with Crippen LogP contribution in [0.3, 0.4) is 0 Å². The highest BCUT2D eigenvalue weighted by atomic mass is 79.9. The Morgan fingerprint density at radius 3 is 2.61 bits per heavy atom. The van der Waals surface area contributed by atoms with Gasteiger partial charge in [0.2, 0.25) is 0 Å². The highest BCUT2D eigenvalue weighted by Crippen LogP contribution is 2.38. The molecule has 0 bridgehead atoms. The zero-order valence-electron chi connectivity index (χ0n) is 10.6. The molecule has 0 aromatic carbocycles. The molecule has 18 heavy (non-hydrogen) atoms. The average Bonchev–Trinajstić information content (AvgIpc) is 2.59. The molecule has 0 saturated heterocycles. The molecule has 3 nitrogen and oxygen atoms in total. The summed E-state index contributed by atoms with van der Waals surface area (Å²) >= 11 is 8.46. The summed E-state index contributed by atoms with van der Waals surface area (Å²) in [5.74, 6) is -0.199. The quantitative estimate of drug-likeness (QED) is 0.754. The summed E-state index contributed by atoms with van der Waals surface area (Å²) in [6.45, 7) is 5.93. The van der Waals surface area contributed by atoms with Crippen LogP contribution in [-0.4, -0.2) is 12.6 Å². The Morgan fingerprint density at radius 2 is 2.17 bits per heavy atom. The summed E-state index contributed by atoms with van der Waals surface area (Å²) in [5.41, 5.74) is 5.59. The Labute approximate surface area is 128 Å². The molecule has 2 N–H and O–H groups in total. The normalized spacial score (nSPS) is 13.4. The van der Waals surface area contributed by atoms with E-state index >= 15 is 0 Å². The van der Waals surface area contributed by atoms with Gasteiger partial charge in [0.05, 0.1) is 15.8 Å². The lowest BCUT2D eigenvalue weighted by atomic mass is 9.85. The predicted octanol–water partition coefficient (Wildman–Crippen LogP) is 4.25. The topological polar surface area (TPSA) is 52.3 Å². The van der Waals surface area contributed by atoms with E-state index in [2.05, 4.69) is 31.9 Å². The van der Waals surface area contributed by atoms with Gasteiger partial charge in [0.15, 0.2) is 0 Å². The van der Waals surface area contributed by atoms with Crippen LogP contribution in [0.5, 0.6) is 0 Å². The van der Waals surface area contributed by atoms with Crippen LogP contribution >= 0.6 is 43.2 Å². The third-order valence-electron chi connectivity index (χ3n) is 2.59. The first-order chi connectivity index (χ1) is 8.27. The first-order valence-electron chi connectivity index (χ1n) is 5.65. The average molecular weight is 399 g/mol. The molecule has 1 rings (SSSR count). The Bertz CT molecular complexity index is 412. The van der Waals surface area contributed by atoms with Crippen LogP contribution in [0.2, 0.25) is 0 Å². The van der Waals surface area contributed by atoms with Crippen LogP contribution in [-0.2, 0) is 9.53 Å². The largest absolute Gasteiger partial charge is 0.466 e. The van der Waals surface area contributed by atoms with Crippen LogP contribution < -0.4 is 5.73 Å². The van der Waals surface area contributed by atoms with E-state index in [0.29, 0.717) is 13.0 Å². The van der Waals surface area contributed by atoms with Crippen molar-refractivity contribution in [2.24, 2.45) is 11.1 Å². The monoisotopic (exact) mass is 397 g/mol. The third-order valence-corrected chi connectivity index (χ3v) is 5.98. The van der Waals surface area contributed by atoms with Crippen molar-refractivity contribution in [2.45, 2.75) is 33.2 Å². The molecule has 1 aromatic rings. The van der Waals surface area contributed by atoms with Crippen molar-refractivity contribution in [1.29, 1.82) is 0 Å². The number of thiophene rings is 1. The number of hydrogen-bond donors (Lipinski definition) is 1. The predicted molar refractivity (Wildman–Crippen MR) is 81.7 cm³/mol. The van der Waals surface area contributed by atoms with E-state index in [9.17, 15) is 4.79 Å². The molecule has 1 aromatic heterocycles. The van der Waals surface area contributed by atoms with Crippen LogP contribution in [0.4, 0.5) is 0 Å². The van der Waals surface area contributed by atoms with E-state index in [-0.39, 0.29) is 12.0 Å². The van der Waals surface area contributed by atoms with Gasteiger partial charge in [-0.15, -0.1) is 11.3 Å². The van der Waals surface area contributed by atoms with E-state index in [1.165, 1.54) is 0 Å². The fourth-order valence-corrected chi connectivity index (χ4v) is 3.70. The minimum absolute atomic E-state index is 0.169. The maximum absolute atomic E-state index is 11.8. The summed E-state index contributed by atoms with van der Waals surface area (Å²) in [6, 6.07) is 1.82. The number of carbonyl (C=O) groups is 1. The number of esters is 1. The number of nitrogens with two attached hydrogens (primary N) is 1. The van der Waals surface area contributed by atoms with E-state index < -0.39 is 5.41 Å². The van der Waals surface area contributed by atoms with Gasteiger partial charge in [-0.2, -0.15) is 0 Å². The van der Waals surface area contributed by atoms with Crippen molar-refractivity contribution in [1.82, 2.24) is 0 Å². The smallest absolute Gasteiger partial charge is 0.311 e. The molecule has 1 atom stereocenters. The molecule has 0 spiro atoms. The van der Waals surface area contributed by atoms with Crippen LogP contribution in [0.1, 0.15) is 38.1 Å². The number of ether oxygens (including phenoxy) is 1. The number of rotatable bonds is 5. The van der Waals surface area contributed by atoms with E-state index in [4.69, 9.17) is 10.5 Å². The van der Waals surface area contributed by atoms with Crippen molar-refractivity contribution in [2.75, 3.05) is 6.61 Å². The van der Waals surface area contributed by atoms with Gasteiger partial charge in [-0.1, -0.05) is 0 Å². The van der Waals surface area contributed by atoms with Gasteiger partial charge in [-0.25, -0.2) is 0 Å². The molecule has 0 amide bonds. The maximum atomic E-state index is 11.8. The van der Waals surface area contributed by atoms with Crippen molar-refractivity contribution in [3.05, 3.63) is 19.2 Å². The Morgan fingerprint density at radius 1 is 1.56 bits per heavy atom. The molecule has 1 heterocycles. The second kappa shape index (κ2) is 6.50. The Kier molecular flexibility index (Phi) is 5.83. The maximum Gasteiger partial charge on any atom is 0.311 e. The lowest BCUT2D eigenvalue weighted by Crippen LogP contribution is -2.30. The first kappa shape index (κ1) is 16.1. The highest BCUT2D eigenvalue weighted by molar-refractivity contribution is 9.13. The summed E-state index contributed by atoms with van der Waals surface area (Å²) < 4.78 is 7.07. The first-order valence-corrected chi connectivity index (χ1v) is 8.05. The molecule has 0 aliphatic carbocycles. The van der Waals surface area contributed by atoms with Crippen LogP contribution in [0.15, 0.2) is 14.3 Å². The highest BCUT2D eigenvalue weighted by Gasteiger charge is 2.32. The fourth-order valence-electron chi connectivity index (χ4n) is 1.61. The minimum atomic E-state index is -0.571. The van der Waals surface area contributed by atoms with E-state index in [0.717, 1.165) is 13.1 Å². The summed E-state index contributed by atoms with van der Waals surface area (Å²) in [6.07, 6.45) is 0.561. The lowest BCUT2D eigenvalue weighted by Gasteiger charge is -2.25. The Balaban J connectivity index is 2.74.